The van der Waals surface area contributed by atoms with E-state index in [1.165, 1.54) is 12.8 Å². The van der Waals surface area contributed by atoms with Crippen LogP contribution in [0.15, 0.2) is 18.7 Å². The van der Waals surface area contributed by atoms with Crippen LogP contribution < -0.4 is 5.32 Å². The first-order valence-corrected chi connectivity index (χ1v) is 6.17. The molecular formula is C12H21N3O. The Kier molecular flexibility index (Phi) is 4.36. The van der Waals surface area contributed by atoms with Gasteiger partial charge in [-0.25, -0.2) is 4.98 Å². The van der Waals surface area contributed by atoms with Crippen LogP contribution in [0.5, 0.6) is 0 Å². The van der Waals surface area contributed by atoms with E-state index in [-0.39, 0.29) is 0 Å². The average molecular weight is 223 g/mol. The molecule has 2 unspecified atom stereocenters. The summed E-state index contributed by atoms with van der Waals surface area (Å²) >= 11 is 0. The van der Waals surface area contributed by atoms with Gasteiger partial charge in [-0.3, -0.25) is 0 Å². The largest absolute Gasteiger partial charge is 0.377 e. The number of piperidine rings is 1. The van der Waals surface area contributed by atoms with Crippen LogP contribution in [0, 0.1) is 0 Å². The second-order valence-electron chi connectivity index (χ2n) is 4.45. The zero-order chi connectivity index (χ0) is 11.2. The Morgan fingerprint density at radius 3 is 3.25 bits per heavy atom. The van der Waals surface area contributed by atoms with Crippen molar-refractivity contribution in [3.8, 4) is 0 Å². The minimum absolute atomic E-state index is 0.400. The fourth-order valence-electron chi connectivity index (χ4n) is 2.14. The highest BCUT2D eigenvalue weighted by Crippen LogP contribution is 2.12. The molecule has 0 radical (unpaired) electrons. The highest BCUT2D eigenvalue weighted by atomic mass is 16.5. The smallest absolute Gasteiger partial charge is 0.0945 e. The maximum atomic E-state index is 5.90. The Hall–Kier alpha value is -0.870. The van der Waals surface area contributed by atoms with Crippen LogP contribution in [0.25, 0.3) is 0 Å². The van der Waals surface area contributed by atoms with Crippen LogP contribution >= 0.6 is 0 Å². The lowest BCUT2D eigenvalue weighted by molar-refractivity contribution is 0.0102. The number of nitrogens with zero attached hydrogens (tertiary/aromatic N) is 2. The summed E-state index contributed by atoms with van der Waals surface area (Å²) in [5, 5.41) is 3.45. The molecular weight excluding hydrogens is 202 g/mol. The molecule has 2 atom stereocenters. The number of aryl methyl sites for hydroxylation is 1. The predicted molar refractivity (Wildman–Crippen MR) is 63.3 cm³/mol. The summed E-state index contributed by atoms with van der Waals surface area (Å²) in [5.74, 6) is 0. The van der Waals surface area contributed by atoms with Crippen LogP contribution in [0.3, 0.4) is 0 Å². The summed E-state index contributed by atoms with van der Waals surface area (Å²) < 4.78 is 7.99. The van der Waals surface area contributed by atoms with Crippen molar-refractivity contribution in [1.82, 2.24) is 14.9 Å². The minimum Gasteiger partial charge on any atom is -0.377 e. The first-order valence-electron chi connectivity index (χ1n) is 6.17. The van der Waals surface area contributed by atoms with Crippen molar-refractivity contribution in [1.29, 1.82) is 0 Å². The molecule has 90 valence electrons. The number of ether oxygens (including phenoxy) is 1. The van der Waals surface area contributed by atoms with Gasteiger partial charge >= 0.3 is 0 Å². The van der Waals surface area contributed by atoms with Crippen LogP contribution in [-0.2, 0) is 11.3 Å². The SMILES string of the molecule is CC1NCCCC1OCCCn1ccnc1. The van der Waals surface area contributed by atoms with Gasteiger partial charge in [0.05, 0.1) is 12.4 Å². The van der Waals surface area contributed by atoms with Crippen molar-refractivity contribution in [2.24, 2.45) is 0 Å². The molecule has 0 aromatic carbocycles. The molecule has 0 spiro atoms. The number of rotatable bonds is 5. The summed E-state index contributed by atoms with van der Waals surface area (Å²) in [4.78, 5) is 4.01. The Labute approximate surface area is 97.0 Å². The Bertz CT molecular complexity index is 286. The van der Waals surface area contributed by atoms with E-state index in [1.807, 2.05) is 18.7 Å². The van der Waals surface area contributed by atoms with Gasteiger partial charge in [-0.2, -0.15) is 0 Å². The molecule has 16 heavy (non-hydrogen) atoms. The molecule has 1 saturated heterocycles. The molecule has 4 heteroatoms. The van der Waals surface area contributed by atoms with Gasteiger partial charge in [0, 0.05) is 31.6 Å². The van der Waals surface area contributed by atoms with E-state index < -0.39 is 0 Å². The number of imidazole rings is 1. The Morgan fingerprint density at radius 2 is 2.50 bits per heavy atom. The van der Waals surface area contributed by atoms with Crippen molar-refractivity contribution in [2.45, 2.75) is 44.9 Å². The van der Waals surface area contributed by atoms with E-state index >= 15 is 0 Å². The number of aromatic nitrogens is 2. The van der Waals surface area contributed by atoms with E-state index in [9.17, 15) is 0 Å². The van der Waals surface area contributed by atoms with E-state index in [4.69, 9.17) is 4.74 Å². The molecule has 0 bridgehead atoms. The molecule has 1 N–H and O–H groups in total. The third-order valence-electron chi connectivity index (χ3n) is 3.14. The fourth-order valence-corrected chi connectivity index (χ4v) is 2.14. The standard InChI is InChI=1S/C12H21N3O/c1-11-12(4-2-5-14-11)16-9-3-7-15-8-6-13-10-15/h6,8,10-12,14H,2-5,7,9H2,1H3. The van der Waals surface area contributed by atoms with Crippen LogP contribution in [0.4, 0.5) is 0 Å². The van der Waals surface area contributed by atoms with Crippen LogP contribution in [-0.4, -0.2) is 34.8 Å². The van der Waals surface area contributed by atoms with Crippen LogP contribution in [0.1, 0.15) is 26.2 Å². The second-order valence-corrected chi connectivity index (χ2v) is 4.45. The van der Waals surface area contributed by atoms with Gasteiger partial charge in [-0.05, 0) is 32.7 Å². The van der Waals surface area contributed by atoms with Crippen molar-refractivity contribution in [2.75, 3.05) is 13.2 Å². The minimum atomic E-state index is 0.400. The fraction of sp³-hybridized carbons (Fsp3) is 0.750. The molecule has 4 nitrogen and oxygen atoms in total. The molecule has 2 heterocycles. The third kappa shape index (κ3) is 3.32. The number of hydrogen-bond acceptors (Lipinski definition) is 3. The summed E-state index contributed by atoms with van der Waals surface area (Å²) in [6.45, 7) is 5.18. The zero-order valence-electron chi connectivity index (χ0n) is 9.93. The molecule has 1 fully saturated rings. The zero-order valence-corrected chi connectivity index (χ0v) is 9.93. The maximum Gasteiger partial charge on any atom is 0.0945 e. The maximum absolute atomic E-state index is 5.90. The average Bonchev–Trinajstić information content (AvgIpc) is 2.79. The third-order valence-corrected chi connectivity index (χ3v) is 3.14. The van der Waals surface area contributed by atoms with Crippen molar-refractivity contribution in [3.05, 3.63) is 18.7 Å². The van der Waals surface area contributed by atoms with Gasteiger partial charge in [-0.15, -0.1) is 0 Å². The number of nitrogens with one attached hydrogen (secondary N) is 1. The van der Waals surface area contributed by atoms with Crippen LogP contribution in [0.2, 0.25) is 0 Å². The monoisotopic (exact) mass is 223 g/mol. The van der Waals surface area contributed by atoms with Gasteiger partial charge in [0.2, 0.25) is 0 Å². The summed E-state index contributed by atoms with van der Waals surface area (Å²) in [6, 6.07) is 0.502. The molecule has 0 amide bonds. The highest BCUT2D eigenvalue weighted by molar-refractivity contribution is 4.78. The topological polar surface area (TPSA) is 39.1 Å². The van der Waals surface area contributed by atoms with Crippen molar-refractivity contribution < 1.29 is 4.74 Å². The summed E-state index contributed by atoms with van der Waals surface area (Å²) in [6.07, 6.45) is 9.54. The molecule has 1 aromatic heterocycles. The van der Waals surface area contributed by atoms with Gasteiger partial charge < -0.3 is 14.6 Å². The van der Waals surface area contributed by atoms with E-state index in [1.54, 1.807) is 0 Å². The molecule has 0 saturated carbocycles. The van der Waals surface area contributed by atoms with Crippen molar-refractivity contribution in [3.63, 3.8) is 0 Å². The summed E-state index contributed by atoms with van der Waals surface area (Å²) in [7, 11) is 0. The predicted octanol–water partition coefficient (Wildman–Crippen LogP) is 1.43. The number of hydrogen-bond donors (Lipinski definition) is 1. The molecule has 1 aromatic rings. The van der Waals surface area contributed by atoms with E-state index in [2.05, 4.69) is 21.8 Å². The van der Waals surface area contributed by atoms with E-state index in [0.717, 1.165) is 26.1 Å². The molecule has 0 aliphatic carbocycles. The summed E-state index contributed by atoms with van der Waals surface area (Å²) in [5.41, 5.74) is 0. The lowest BCUT2D eigenvalue weighted by atomic mass is 10.0. The first kappa shape index (κ1) is 11.6. The normalized spacial score (nSPS) is 25.8. The Morgan fingerprint density at radius 1 is 1.56 bits per heavy atom. The molecule has 1 aliphatic rings. The first-order chi connectivity index (χ1) is 7.86. The highest BCUT2D eigenvalue weighted by Gasteiger charge is 2.20. The molecule has 2 rings (SSSR count). The van der Waals surface area contributed by atoms with Gasteiger partial charge in [0.25, 0.3) is 0 Å². The Balaban J connectivity index is 1.60. The van der Waals surface area contributed by atoms with Gasteiger partial charge in [0.1, 0.15) is 0 Å². The van der Waals surface area contributed by atoms with Gasteiger partial charge in [-0.1, -0.05) is 0 Å². The van der Waals surface area contributed by atoms with Gasteiger partial charge in [0.15, 0.2) is 0 Å². The molecule has 1 aliphatic heterocycles. The lowest BCUT2D eigenvalue weighted by Gasteiger charge is -2.29. The lowest BCUT2D eigenvalue weighted by Crippen LogP contribution is -2.44. The van der Waals surface area contributed by atoms with E-state index in [0.29, 0.717) is 12.1 Å². The second kappa shape index (κ2) is 6.01. The quantitative estimate of drug-likeness (QED) is 0.768. The van der Waals surface area contributed by atoms with Crippen molar-refractivity contribution >= 4 is 0 Å².